The van der Waals surface area contributed by atoms with Gasteiger partial charge in [0.2, 0.25) is 0 Å². The predicted octanol–water partition coefficient (Wildman–Crippen LogP) is 2.80. The number of nitrogens with one attached hydrogen (secondary N) is 1. The summed E-state index contributed by atoms with van der Waals surface area (Å²) in [4.78, 5) is 20.2. The van der Waals surface area contributed by atoms with Crippen molar-refractivity contribution in [3.63, 3.8) is 0 Å². The van der Waals surface area contributed by atoms with E-state index in [9.17, 15) is 18.0 Å². The second-order valence-corrected chi connectivity index (χ2v) is 7.17. The van der Waals surface area contributed by atoms with Gasteiger partial charge in [0.15, 0.2) is 11.3 Å². The highest BCUT2D eigenvalue weighted by molar-refractivity contribution is 7.11. The van der Waals surface area contributed by atoms with E-state index in [2.05, 4.69) is 15.4 Å². The molecule has 3 heterocycles. The van der Waals surface area contributed by atoms with Gasteiger partial charge in [0.25, 0.3) is 5.91 Å². The zero-order valence-electron chi connectivity index (χ0n) is 14.0. The molecular weight excluding hydrogens is 367 g/mol. The second-order valence-electron chi connectivity index (χ2n) is 5.92. The maximum atomic E-state index is 13.0. The molecule has 0 bridgehead atoms. The molecule has 6 nitrogen and oxygen atoms in total. The summed E-state index contributed by atoms with van der Waals surface area (Å²) in [7, 11) is 3.93. The van der Waals surface area contributed by atoms with E-state index in [0.29, 0.717) is 4.52 Å². The van der Waals surface area contributed by atoms with E-state index in [-0.39, 0.29) is 17.9 Å². The fraction of sp³-hybridized carbons (Fsp3) is 0.312. The lowest BCUT2D eigenvalue weighted by Gasteiger charge is -2.07. The number of aromatic nitrogens is 3. The third kappa shape index (κ3) is 4.02. The van der Waals surface area contributed by atoms with Gasteiger partial charge in [-0.3, -0.25) is 4.79 Å². The molecule has 0 radical (unpaired) electrons. The maximum Gasteiger partial charge on any atom is 0.433 e. The van der Waals surface area contributed by atoms with E-state index >= 15 is 0 Å². The first kappa shape index (κ1) is 18.3. The Morgan fingerprint density at radius 1 is 1.27 bits per heavy atom. The Bertz CT molecular complexity index is 932. The normalized spacial score (nSPS) is 12.1. The Labute approximate surface area is 151 Å². The summed E-state index contributed by atoms with van der Waals surface area (Å²) in [5.74, 6) is -0.550. The minimum atomic E-state index is -4.58. The van der Waals surface area contributed by atoms with Crippen LogP contribution in [0.2, 0.25) is 0 Å². The first-order valence-corrected chi connectivity index (χ1v) is 8.48. The molecule has 1 N–H and O–H groups in total. The summed E-state index contributed by atoms with van der Waals surface area (Å²) in [6, 6.07) is 5.95. The van der Waals surface area contributed by atoms with Crippen LogP contribution in [0.5, 0.6) is 0 Å². The smallest absolute Gasteiger partial charge is 0.346 e. The number of hydrogen-bond donors (Lipinski definition) is 1. The van der Waals surface area contributed by atoms with E-state index in [1.165, 1.54) is 6.07 Å². The van der Waals surface area contributed by atoms with Crippen LogP contribution in [0.4, 0.5) is 13.2 Å². The van der Waals surface area contributed by atoms with Gasteiger partial charge in [0.1, 0.15) is 5.69 Å². The van der Waals surface area contributed by atoms with Crippen molar-refractivity contribution in [2.75, 3.05) is 14.1 Å². The van der Waals surface area contributed by atoms with Gasteiger partial charge in [0, 0.05) is 28.6 Å². The number of hydrogen-bond acceptors (Lipinski definition) is 5. The number of nitrogens with zero attached hydrogens (tertiary/aromatic N) is 4. The standard InChI is InChI=1S/C16H16F3N5OS/c1-23(2)9-11-4-3-10(26-11)8-21-15(25)12-7-14-20-6-5-13(16(17,18)19)24(14)22-12/h3-7H,8-9H2,1-2H3,(H,21,25). The monoisotopic (exact) mass is 383 g/mol. The van der Waals surface area contributed by atoms with Gasteiger partial charge >= 0.3 is 6.18 Å². The molecule has 0 fully saturated rings. The second kappa shape index (κ2) is 7.04. The van der Waals surface area contributed by atoms with Crippen molar-refractivity contribution in [2.45, 2.75) is 19.3 Å². The van der Waals surface area contributed by atoms with Gasteiger partial charge in [-0.05, 0) is 32.3 Å². The highest BCUT2D eigenvalue weighted by atomic mass is 32.1. The summed E-state index contributed by atoms with van der Waals surface area (Å²) in [6.07, 6.45) is -3.54. The largest absolute Gasteiger partial charge is 0.433 e. The first-order valence-electron chi connectivity index (χ1n) is 7.66. The molecule has 0 saturated carbocycles. The SMILES string of the molecule is CN(C)Cc1ccc(CNC(=O)c2cc3nccc(C(F)(F)F)n3n2)s1. The first-order chi connectivity index (χ1) is 12.2. The third-order valence-corrected chi connectivity index (χ3v) is 4.56. The summed E-state index contributed by atoms with van der Waals surface area (Å²) >= 11 is 1.57. The van der Waals surface area contributed by atoms with Crippen molar-refractivity contribution in [1.29, 1.82) is 0 Å². The molecule has 0 aromatic carbocycles. The molecule has 3 aromatic rings. The average molecular weight is 383 g/mol. The van der Waals surface area contributed by atoms with Gasteiger partial charge in [-0.25, -0.2) is 9.50 Å². The van der Waals surface area contributed by atoms with Crippen LogP contribution in [0, 0.1) is 0 Å². The number of carbonyl (C=O) groups excluding carboxylic acids is 1. The number of rotatable bonds is 5. The van der Waals surface area contributed by atoms with Crippen molar-refractivity contribution in [3.8, 4) is 0 Å². The molecule has 0 aliphatic heterocycles. The van der Waals surface area contributed by atoms with Crippen LogP contribution < -0.4 is 5.32 Å². The number of thiophene rings is 1. The lowest BCUT2D eigenvalue weighted by atomic mass is 10.3. The van der Waals surface area contributed by atoms with Gasteiger partial charge in [-0.2, -0.15) is 18.3 Å². The quantitative estimate of drug-likeness (QED) is 0.736. The van der Waals surface area contributed by atoms with Gasteiger partial charge in [-0.15, -0.1) is 11.3 Å². The predicted molar refractivity (Wildman–Crippen MR) is 90.9 cm³/mol. The number of fused-ring (bicyclic) bond motifs is 1. The van der Waals surface area contributed by atoms with Crippen molar-refractivity contribution in [1.82, 2.24) is 24.8 Å². The molecule has 0 spiro atoms. The number of halogens is 3. The minimum Gasteiger partial charge on any atom is -0.346 e. The molecule has 0 atom stereocenters. The fourth-order valence-corrected chi connectivity index (χ4v) is 3.47. The highest BCUT2D eigenvalue weighted by Crippen LogP contribution is 2.29. The summed E-state index contributed by atoms with van der Waals surface area (Å²) < 4.78 is 39.6. The Kier molecular flexibility index (Phi) is 4.97. The lowest BCUT2D eigenvalue weighted by molar-refractivity contribution is -0.142. The van der Waals surface area contributed by atoms with E-state index in [4.69, 9.17) is 0 Å². The third-order valence-electron chi connectivity index (χ3n) is 3.49. The summed E-state index contributed by atoms with van der Waals surface area (Å²) in [5.41, 5.74) is -1.12. The Morgan fingerprint density at radius 3 is 2.69 bits per heavy atom. The van der Waals surface area contributed by atoms with Crippen LogP contribution >= 0.6 is 11.3 Å². The van der Waals surface area contributed by atoms with Gasteiger partial charge < -0.3 is 10.2 Å². The molecule has 26 heavy (non-hydrogen) atoms. The Balaban J connectivity index is 1.73. The van der Waals surface area contributed by atoms with E-state index in [1.54, 1.807) is 11.3 Å². The van der Waals surface area contributed by atoms with Gasteiger partial charge in [-0.1, -0.05) is 0 Å². The molecule has 0 aliphatic carbocycles. The molecule has 0 aliphatic rings. The summed E-state index contributed by atoms with van der Waals surface area (Å²) in [5, 5.41) is 6.43. The van der Waals surface area contributed by atoms with Crippen LogP contribution in [0.15, 0.2) is 30.5 Å². The summed E-state index contributed by atoms with van der Waals surface area (Å²) in [6.45, 7) is 1.08. The molecule has 0 unspecified atom stereocenters. The topological polar surface area (TPSA) is 62.5 Å². The van der Waals surface area contributed by atoms with Crippen LogP contribution in [0.25, 0.3) is 5.65 Å². The zero-order chi connectivity index (χ0) is 18.9. The molecular formula is C16H16F3N5OS. The Morgan fingerprint density at radius 2 is 2.00 bits per heavy atom. The van der Waals surface area contributed by atoms with Crippen molar-refractivity contribution < 1.29 is 18.0 Å². The Hall–Kier alpha value is -2.46. The maximum absolute atomic E-state index is 13.0. The molecule has 3 aromatic heterocycles. The van der Waals surface area contributed by atoms with Crippen LogP contribution in [0.3, 0.4) is 0 Å². The van der Waals surface area contributed by atoms with Crippen LogP contribution in [-0.4, -0.2) is 39.5 Å². The molecule has 1 amide bonds. The molecule has 3 rings (SSSR count). The minimum absolute atomic E-state index is 0.0330. The zero-order valence-corrected chi connectivity index (χ0v) is 14.9. The number of amides is 1. The lowest BCUT2D eigenvalue weighted by Crippen LogP contribution is -2.23. The van der Waals surface area contributed by atoms with Crippen LogP contribution in [-0.2, 0) is 19.3 Å². The highest BCUT2D eigenvalue weighted by Gasteiger charge is 2.34. The fourth-order valence-electron chi connectivity index (χ4n) is 2.39. The average Bonchev–Trinajstić information content (AvgIpc) is 3.17. The van der Waals surface area contributed by atoms with Crippen LogP contribution in [0.1, 0.15) is 25.9 Å². The van der Waals surface area contributed by atoms with Crippen molar-refractivity contribution in [3.05, 3.63) is 51.6 Å². The molecule has 138 valence electrons. The molecule has 10 heteroatoms. The van der Waals surface area contributed by atoms with E-state index < -0.39 is 17.8 Å². The number of carbonyl (C=O) groups is 1. The van der Waals surface area contributed by atoms with Crippen molar-refractivity contribution in [2.24, 2.45) is 0 Å². The van der Waals surface area contributed by atoms with Gasteiger partial charge in [0.05, 0.1) is 6.54 Å². The van der Waals surface area contributed by atoms with Crippen molar-refractivity contribution >= 4 is 22.9 Å². The van der Waals surface area contributed by atoms with E-state index in [1.807, 2.05) is 31.1 Å². The molecule has 0 saturated heterocycles. The van der Waals surface area contributed by atoms with E-state index in [0.717, 1.165) is 28.6 Å². The number of alkyl halides is 3.